The molecule has 0 saturated heterocycles. The van der Waals surface area contributed by atoms with Gasteiger partial charge in [0.1, 0.15) is 0 Å². The van der Waals surface area contributed by atoms with Gasteiger partial charge in [0, 0.05) is 6.07 Å². The summed E-state index contributed by atoms with van der Waals surface area (Å²) in [4.78, 5) is 9.84. The van der Waals surface area contributed by atoms with Crippen LogP contribution in [0.25, 0.3) is 0 Å². The largest absolute Gasteiger partial charge is 0.492 e. The monoisotopic (exact) mass is 183 g/mol. The van der Waals surface area contributed by atoms with Crippen LogP contribution in [0.2, 0.25) is 0 Å². The van der Waals surface area contributed by atoms with E-state index in [-0.39, 0.29) is 22.8 Å². The second-order valence-electron chi connectivity index (χ2n) is 2.38. The zero-order valence-electron chi connectivity index (χ0n) is 6.98. The zero-order valence-corrected chi connectivity index (χ0v) is 6.98. The Morgan fingerprint density at radius 1 is 1.46 bits per heavy atom. The van der Waals surface area contributed by atoms with Gasteiger partial charge in [-0.3, -0.25) is 10.1 Å². The number of ether oxygens (including phenoxy) is 1. The van der Waals surface area contributed by atoms with Crippen LogP contribution in [0.15, 0.2) is 12.1 Å². The van der Waals surface area contributed by atoms with Crippen molar-refractivity contribution < 1.29 is 9.66 Å². The molecule has 0 fully saturated rings. The Morgan fingerprint density at radius 2 is 2.08 bits per heavy atom. The third-order valence-corrected chi connectivity index (χ3v) is 1.60. The first-order chi connectivity index (χ1) is 6.07. The number of nitrogen functional groups attached to an aromatic ring is 2. The lowest BCUT2D eigenvalue weighted by atomic mass is 10.2. The quantitative estimate of drug-likeness (QED) is 0.400. The number of benzene rings is 1. The lowest BCUT2D eigenvalue weighted by Gasteiger charge is -2.06. The molecule has 0 aliphatic rings. The highest BCUT2D eigenvalue weighted by atomic mass is 16.6. The van der Waals surface area contributed by atoms with E-state index in [4.69, 9.17) is 16.2 Å². The molecule has 4 N–H and O–H groups in total. The van der Waals surface area contributed by atoms with Gasteiger partial charge in [0.25, 0.3) is 5.69 Å². The van der Waals surface area contributed by atoms with Crippen molar-refractivity contribution in [2.24, 2.45) is 0 Å². The number of rotatable bonds is 2. The maximum Gasteiger partial charge on any atom is 0.296 e. The Hall–Kier alpha value is -1.98. The molecule has 0 heterocycles. The second kappa shape index (κ2) is 3.18. The van der Waals surface area contributed by atoms with Crippen LogP contribution in [0, 0.1) is 10.1 Å². The summed E-state index contributed by atoms with van der Waals surface area (Å²) in [5.41, 5.74) is 11.0. The van der Waals surface area contributed by atoms with Gasteiger partial charge in [-0.25, -0.2) is 0 Å². The maximum absolute atomic E-state index is 10.4. The minimum Gasteiger partial charge on any atom is -0.492 e. The first-order valence-electron chi connectivity index (χ1n) is 3.44. The lowest BCUT2D eigenvalue weighted by molar-refractivity contribution is -0.383. The molecule has 1 aromatic carbocycles. The highest BCUT2D eigenvalue weighted by Crippen LogP contribution is 2.35. The van der Waals surface area contributed by atoms with Gasteiger partial charge in [-0.05, 0) is 6.07 Å². The molecule has 0 saturated carbocycles. The molecule has 0 spiro atoms. The van der Waals surface area contributed by atoms with E-state index in [0.29, 0.717) is 0 Å². The van der Waals surface area contributed by atoms with Crippen LogP contribution < -0.4 is 16.2 Å². The van der Waals surface area contributed by atoms with Gasteiger partial charge in [-0.15, -0.1) is 0 Å². The highest BCUT2D eigenvalue weighted by Gasteiger charge is 2.17. The molecule has 0 radical (unpaired) electrons. The van der Waals surface area contributed by atoms with E-state index in [9.17, 15) is 10.1 Å². The summed E-state index contributed by atoms with van der Waals surface area (Å²) in [7, 11) is 1.35. The smallest absolute Gasteiger partial charge is 0.296 e. The summed E-state index contributed by atoms with van der Waals surface area (Å²) >= 11 is 0. The summed E-state index contributed by atoms with van der Waals surface area (Å²) in [5.74, 6) is 0.147. The molecule has 1 rings (SSSR count). The van der Waals surface area contributed by atoms with Crippen LogP contribution in [0.4, 0.5) is 17.1 Å². The third-order valence-electron chi connectivity index (χ3n) is 1.60. The lowest BCUT2D eigenvalue weighted by Crippen LogP contribution is -2.01. The number of hydrogen-bond donors (Lipinski definition) is 2. The molecular formula is C7H9N3O3. The van der Waals surface area contributed by atoms with Crippen molar-refractivity contribution in [1.29, 1.82) is 0 Å². The van der Waals surface area contributed by atoms with Gasteiger partial charge < -0.3 is 16.2 Å². The Kier molecular flexibility index (Phi) is 2.23. The summed E-state index contributed by atoms with van der Waals surface area (Å²) < 4.78 is 4.81. The predicted molar refractivity (Wildman–Crippen MR) is 48.5 cm³/mol. The molecule has 0 aliphatic carbocycles. The van der Waals surface area contributed by atoms with E-state index in [1.165, 1.54) is 19.2 Å². The summed E-state index contributed by atoms with van der Waals surface area (Å²) in [6.45, 7) is 0. The van der Waals surface area contributed by atoms with E-state index in [1.54, 1.807) is 0 Å². The zero-order chi connectivity index (χ0) is 10.0. The van der Waals surface area contributed by atoms with Crippen molar-refractivity contribution in [2.75, 3.05) is 18.6 Å². The molecule has 13 heavy (non-hydrogen) atoms. The number of methoxy groups -OCH3 is 1. The van der Waals surface area contributed by atoms with Crippen LogP contribution >= 0.6 is 0 Å². The van der Waals surface area contributed by atoms with Crippen molar-refractivity contribution in [3.63, 3.8) is 0 Å². The molecule has 6 heteroatoms. The van der Waals surface area contributed by atoms with E-state index in [0.717, 1.165) is 0 Å². The number of anilines is 2. The molecule has 0 bridgehead atoms. The molecule has 6 nitrogen and oxygen atoms in total. The molecule has 0 aromatic heterocycles. The Labute approximate surface area is 74.2 Å². The van der Waals surface area contributed by atoms with Crippen molar-refractivity contribution >= 4 is 17.1 Å². The van der Waals surface area contributed by atoms with Gasteiger partial charge in [0.15, 0.2) is 11.4 Å². The first kappa shape index (κ1) is 9.11. The summed E-state index contributed by atoms with van der Waals surface area (Å²) in [6, 6.07) is 2.63. The van der Waals surface area contributed by atoms with Crippen molar-refractivity contribution in [2.45, 2.75) is 0 Å². The first-order valence-corrected chi connectivity index (χ1v) is 3.44. The molecular weight excluding hydrogens is 174 g/mol. The van der Waals surface area contributed by atoms with Gasteiger partial charge in [0.05, 0.1) is 17.7 Å². The fourth-order valence-electron chi connectivity index (χ4n) is 0.993. The number of nitro benzene ring substituents is 1. The second-order valence-corrected chi connectivity index (χ2v) is 2.38. The van der Waals surface area contributed by atoms with E-state index in [2.05, 4.69) is 0 Å². The molecule has 0 amide bonds. The molecule has 70 valence electrons. The van der Waals surface area contributed by atoms with E-state index >= 15 is 0 Å². The number of hydrogen-bond acceptors (Lipinski definition) is 5. The number of nitrogens with zero attached hydrogens (tertiary/aromatic N) is 1. The van der Waals surface area contributed by atoms with Crippen LogP contribution in [0.1, 0.15) is 0 Å². The Balaban J connectivity index is 3.35. The topological polar surface area (TPSA) is 104 Å². The fraction of sp³-hybridized carbons (Fsp3) is 0.143. The average molecular weight is 183 g/mol. The van der Waals surface area contributed by atoms with Crippen LogP contribution in [-0.4, -0.2) is 12.0 Å². The fourth-order valence-corrected chi connectivity index (χ4v) is 0.993. The van der Waals surface area contributed by atoms with Gasteiger partial charge in [-0.2, -0.15) is 0 Å². The molecule has 1 aromatic rings. The standard InChI is InChI=1S/C7H9N3O3/c1-13-7-4(8)2-3-5(6(7)9)10(11)12/h2-3H,8-9H2,1H3. The van der Waals surface area contributed by atoms with Crippen molar-refractivity contribution in [3.05, 3.63) is 22.2 Å². The maximum atomic E-state index is 10.4. The van der Waals surface area contributed by atoms with Crippen LogP contribution in [0.3, 0.4) is 0 Å². The van der Waals surface area contributed by atoms with Crippen LogP contribution in [0.5, 0.6) is 5.75 Å². The van der Waals surface area contributed by atoms with Gasteiger partial charge in [-0.1, -0.05) is 0 Å². The minimum absolute atomic E-state index is 0.0486. The van der Waals surface area contributed by atoms with Crippen molar-refractivity contribution in [1.82, 2.24) is 0 Å². The third kappa shape index (κ3) is 1.46. The molecule has 0 aliphatic heterocycles. The predicted octanol–water partition coefficient (Wildman–Crippen LogP) is 0.768. The number of nitro groups is 1. The van der Waals surface area contributed by atoms with E-state index in [1.807, 2.05) is 0 Å². The Morgan fingerprint density at radius 3 is 2.54 bits per heavy atom. The normalized spacial score (nSPS) is 9.62. The number of nitrogens with two attached hydrogens (primary N) is 2. The van der Waals surface area contributed by atoms with Crippen molar-refractivity contribution in [3.8, 4) is 5.75 Å². The minimum atomic E-state index is -0.586. The summed E-state index contributed by atoms with van der Waals surface area (Å²) in [6.07, 6.45) is 0. The van der Waals surface area contributed by atoms with E-state index < -0.39 is 4.92 Å². The Bertz CT molecular complexity index is 351. The molecule has 0 atom stereocenters. The summed E-state index contributed by atoms with van der Waals surface area (Å²) in [5, 5.41) is 10.4. The van der Waals surface area contributed by atoms with Gasteiger partial charge in [0.2, 0.25) is 0 Å². The molecule has 0 unspecified atom stereocenters. The van der Waals surface area contributed by atoms with Crippen LogP contribution in [-0.2, 0) is 0 Å². The SMILES string of the molecule is COc1c(N)ccc([N+](=O)[O-])c1N. The van der Waals surface area contributed by atoms with Gasteiger partial charge >= 0.3 is 0 Å². The highest BCUT2D eigenvalue weighted by molar-refractivity contribution is 5.76. The average Bonchev–Trinajstić information content (AvgIpc) is 2.04.